The van der Waals surface area contributed by atoms with Crippen molar-refractivity contribution >= 4 is 27.6 Å². The van der Waals surface area contributed by atoms with Crippen molar-refractivity contribution in [2.24, 2.45) is 0 Å². The van der Waals surface area contributed by atoms with Gasteiger partial charge in [-0.25, -0.2) is 0 Å². The summed E-state index contributed by atoms with van der Waals surface area (Å²) in [6.07, 6.45) is 1.75. The Morgan fingerprint density at radius 3 is 2.67 bits per heavy atom. The fraction of sp³-hybridized carbons (Fsp3) is 0.158. The van der Waals surface area contributed by atoms with Gasteiger partial charge in [0.2, 0.25) is 0 Å². The standard InChI is InChI=1S/C19H15BrN2O2/c1-3-24-18-10-14(9-17(20)19(18)23-2)8-16(12-22)15-6-4-5-13(7-15)11-21/h4-10H,3H2,1-2H3. The first-order chi connectivity index (χ1) is 11.6. The van der Waals surface area contributed by atoms with Crippen molar-refractivity contribution in [2.45, 2.75) is 6.92 Å². The number of nitrogens with zero attached hydrogens (tertiary/aromatic N) is 2. The summed E-state index contributed by atoms with van der Waals surface area (Å²) < 4.78 is 11.7. The summed E-state index contributed by atoms with van der Waals surface area (Å²) in [6.45, 7) is 2.40. The van der Waals surface area contributed by atoms with Crippen LogP contribution in [0.1, 0.15) is 23.6 Å². The van der Waals surface area contributed by atoms with Crippen LogP contribution in [0.2, 0.25) is 0 Å². The number of hydrogen-bond acceptors (Lipinski definition) is 4. The van der Waals surface area contributed by atoms with Gasteiger partial charge in [-0.15, -0.1) is 0 Å². The van der Waals surface area contributed by atoms with Gasteiger partial charge in [-0.3, -0.25) is 0 Å². The summed E-state index contributed by atoms with van der Waals surface area (Å²) >= 11 is 3.46. The zero-order chi connectivity index (χ0) is 17.5. The van der Waals surface area contributed by atoms with Gasteiger partial charge in [-0.1, -0.05) is 12.1 Å². The van der Waals surface area contributed by atoms with E-state index in [2.05, 4.69) is 28.1 Å². The summed E-state index contributed by atoms with van der Waals surface area (Å²) in [6, 6.07) is 14.9. The lowest BCUT2D eigenvalue weighted by Crippen LogP contribution is -1.96. The van der Waals surface area contributed by atoms with Crippen molar-refractivity contribution in [1.82, 2.24) is 0 Å². The summed E-state index contributed by atoms with van der Waals surface area (Å²) in [7, 11) is 1.58. The van der Waals surface area contributed by atoms with Crippen molar-refractivity contribution < 1.29 is 9.47 Å². The Morgan fingerprint density at radius 2 is 2.04 bits per heavy atom. The van der Waals surface area contributed by atoms with Gasteiger partial charge in [0.15, 0.2) is 11.5 Å². The maximum Gasteiger partial charge on any atom is 0.174 e. The minimum Gasteiger partial charge on any atom is -0.492 e. The first-order valence-electron chi connectivity index (χ1n) is 7.25. The Morgan fingerprint density at radius 1 is 1.25 bits per heavy atom. The van der Waals surface area contributed by atoms with Gasteiger partial charge in [0.1, 0.15) is 0 Å². The third-order valence-corrected chi connectivity index (χ3v) is 3.86. The molecule has 0 unspecified atom stereocenters. The van der Waals surface area contributed by atoms with Crippen LogP contribution in [0.15, 0.2) is 40.9 Å². The molecule has 0 heterocycles. The molecule has 0 spiro atoms. The second-order valence-electron chi connectivity index (χ2n) is 4.83. The molecule has 5 heteroatoms. The molecule has 0 N–H and O–H groups in total. The summed E-state index contributed by atoms with van der Waals surface area (Å²) in [5.74, 6) is 1.21. The van der Waals surface area contributed by atoms with Gasteiger partial charge in [-0.05, 0) is 64.3 Å². The van der Waals surface area contributed by atoms with Crippen LogP contribution < -0.4 is 9.47 Å². The van der Waals surface area contributed by atoms with E-state index in [-0.39, 0.29) is 0 Å². The molecule has 2 rings (SSSR count). The van der Waals surface area contributed by atoms with Gasteiger partial charge >= 0.3 is 0 Å². The average molecular weight is 383 g/mol. The topological polar surface area (TPSA) is 66.0 Å². The molecule has 0 aromatic heterocycles. The summed E-state index contributed by atoms with van der Waals surface area (Å²) in [4.78, 5) is 0. The lowest BCUT2D eigenvalue weighted by Gasteiger charge is -2.12. The van der Waals surface area contributed by atoms with Crippen LogP contribution in [0.3, 0.4) is 0 Å². The minimum atomic E-state index is 0.464. The van der Waals surface area contributed by atoms with E-state index in [1.807, 2.05) is 19.1 Å². The van der Waals surface area contributed by atoms with Crippen LogP contribution in [0.5, 0.6) is 11.5 Å². The number of methoxy groups -OCH3 is 1. The fourth-order valence-corrected chi connectivity index (χ4v) is 2.86. The molecule has 2 aromatic rings. The smallest absolute Gasteiger partial charge is 0.174 e. The largest absolute Gasteiger partial charge is 0.492 e. The lowest BCUT2D eigenvalue weighted by atomic mass is 10.0. The van der Waals surface area contributed by atoms with Crippen LogP contribution in [0, 0.1) is 22.7 Å². The van der Waals surface area contributed by atoms with E-state index in [0.29, 0.717) is 34.8 Å². The quantitative estimate of drug-likeness (QED) is 0.550. The van der Waals surface area contributed by atoms with E-state index in [1.54, 1.807) is 37.5 Å². The molecule has 2 aromatic carbocycles. The molecule has 0 aliphatic heterocycles. The summed E-state index contributed by atoms with van der Waals surface area (Å²) in [5, 5.41) is 18.5. The Kier molecular flexibility index (Phi) is 6.01. The lowest BCUT2D eigenvalue weighted by molar-refractivity contribution is 0.310. The van der Waals surface area contributed by atoms with E-state index in [1.165, 1.54) is 0 Å². The van der Waals surface area contributed by atoms with Crippen LogP contribution in [0.4, 0.5) is 0 Å². The Hall–Kier alpha value is -2.76. The first kappa shape index (κ1) is 17.6. The van der Waals surface area contributed by atoms with Gasteiger partial charge in [0.05, 0.1) is 41.5 Å². The normalized spacial score (nSPS) is 10.6. The predicted molar refractivity (Wildman–Crippen MR) is 96.5 cm³/mol. The highest BCUT2D eigenvalue weighted by molar-refractivity contribution is 9.10. The van der Waals surface area contributed by atoms with Crippen molar-refractivity contribution in [2.75, 3.05) is 13.7 Å². The minimum absolute atomic E-state index is 0.464. The van der Waals surface area contributed by atoms with E-state index < -0.39 is 0 Å². The van der Waals surface area contributed by atoms with Gasteiger partial charge in [0.25, 0.3) is 0 Å². The average Bonchev–Trinajstić information content (AvgIpc) is 2.60. The second-order valence-corrected chi connectivity index (χ2v) is 5.68. The summed E-state index contributed by atoms with van der Waals surface area (Å²) in [5.41, 5.74) is 2.47. The molecular formula is C19H15BrN2O2. The number of benzene rings is 2. The van der Waals surface area contributed by atoms with Crippen molar-refractivity contribution in [1.29, 1.82) is 10.5 Å². The maximum absolute atomic E-state index is 9.48. The third-order valence-electron chi connectivity index (χ3n) is 3.27. The molecular weight excluding hydrogens is 368 g/mol. The molecule has 0 aliphatic rings. The van der Waals surface area contributed by atoms with E-state index in [0.717, 1.165) is 10.0 Å². The third kappa shape index (κ3) is 3.95. The SMILES string of the molecule is CCOc1cc(C=C(C#N)c2cccc(C#N)c2)cc(Br)c1OC. The van der Waals surface area contributed by atoms with Crippen molar-refractivity contribution in [3.63, 3.8) is 0 Å². The first-order valence-corrected chi connectivity index (χ1v) is 8.04. The van der Waals surface area contributed by atoms with E-state index >= 15 is 0 Å². The molecule has 0 amide bonds. The van der Waals surface area contributed by atoms with Gasteiger partial charge < -0.3 is 9.47 Å². The number of ether oxygens (including phenoxy) is 2. The number of hydrogen-bond donors (Lipinski definition) is 0. The van der Waals surface area contributed by atoms with Gasteiger partial charge in [-0.2, -0.15) is 10.5 Å². The van der Waals surface area contributed by atoms with Gasteiger partial charge in [0, 0.05) is 0 Å². The molecule has 0 fully saturated rings. The van der Waals surface area contributed by atoms with Crippen LogP contribution in [0.25, 0.3) is 11.6 Å². The highest BCUT2D eigenvalue weighted by atomic mass is 79.9. The fourth-order valence-electron chi connectivity index (χ4n) is 2.24. The number of allylic oxidation sites excluding steroid dienone is 1. The monoisotopic (exact) mass is 382 g/mol. The molecule has 4 nitrogen and oxygen atoms in total. The van der Waals surface area contributed by atoms with Crippen LogP contribution in [-0.4, -0.2) is 13.7 Å². The van der Waals surface area contributed by atoms with Crippen LogP contribution >= 0.6 is 15.9 Å². The van der Waals surface area contributed by atoms with Crippen LogP contribution in [-0.2, 0) is 0 Å². The van der Waals surface area contributed by atoms with Crippen molar-refractivity contribution in [3.8, 4) is 23.6 Å². The molecule has 24 heavy (non-hydrogen) atoms. The zero-order valence-corrected chi connectivity index (χ0v) is 14.9. The highest BCUT2D eigenvalue weighted by Gasteiger charge is 2.11. The Balaban J connectivity index is 2.52. The van der Waals surface area contributed by atoms with E-state index in [4.69, 9.17) is 14.7 Å². The number of rotatable bonds is 5. The molecule has 120 valence electrons. The Labute approximate surface area is 149 Å². The number of halogens is 1. The second kappa shape index (κ2) is 8.19. The number of nitriles is 2. The molecule has 0 aliphatic carbocycles. The molecule has 0 bridgehead atoms. The molecule has 0 saturated heterocycles. The predicted octanol–water partition coefficient (Wildman–Crippen LogP) is 4.79. The molecule has 0 saturated carbocycles. The Bertz CT molecular complexity index is 861. The zero-order valence-electron chi connectivity index (χ0n) is 13.3. The maximum atomic E-state index is 9.48. The highest BCUT2D eigenvalue weighted by Crippen LogP contribution is 2.37. The molecule has 0 radical (unpaired) electrons. The van der Waals surface area contributed by atoms with Crippen molar-refractivity contribution in [3.05, 3.63) is 57.6 Å². The van der Waals surface area contributed by atoms with E-state index in [9.17, 15) is 5.26 Å². The molecule has 0 atom stereocenters.